The monoisotopic (exact) mass is 262 g/mol. The highest BCUT2D eigenvalue weighted by Crippen LogP contribution is 2.27. The van der Waals surface area contributed by atoms with Crippen molar-refractivity contribution in [2.24, 2.45) is 5.73 Å². The van der Waals surface area contributed by atoms with E-state index in [0.29, 0.717) is 12.2 Å². The van der Waals surface area contributed by atoms with Gasteiger partial charge in [-0.2, -0.15) is 0 Å². The lowest BCUT2D eigenvalue weighted by Gasteiger charge is -2.33. The molecule has 4 nitrogen and oxygen atoms in total. The fourth-order valence-electron chi connectivity index (χ4n) is 3.08. The van der Waals surface area contributed by atoms with Crippen LogP contribution in [0.3, 0.4) is 0 Å². The number of fused-ring (bicyclic) bond motifs is 2. The lowest BCUT2D eigenvalue weighted by Crippen LogP contribution is -2.45. The number of rotatable bonds is 4. The van der Waals surface area contributed by atoms with Crippen molar-refractivity contribution in [3.8, 4) is 5.75 Å². The SMILES string of the molecule is COc1ccc(C(N)CN2CC3CCC(C2)O3)cc1. The minimum Gasteiger partial charge on any atom is -0.497 e. The molecule has 1 aromatic rings. The van der Waals surface area contributed by atoms with Gasteiger partial charge in [-0.3, -0.25) is 4.90 Å². The molecule has 3 unspecified atom stereocenters. The van der Waals surface area contributed by atoms with Crippen molar-refractivity contribution in [2.75, 3.05) is 26.7 Å². The van der Waals surface area contributed by atoms with Crippen molar-refractivity contribution < 1.29 is 9.47 Å². The summed E-state index contributed by atoms with van der Waals surface area (Å²) in [5, 5.41) is 0. The van der Waals surface area contributed by atoms with E-state index in [1.807, 2.05) is 12.1 Å². The predicted molar refractivity (Wildman–Crippen MR) is 74.3 cm³/mol. The standard InChI is InChI=1S/C15H22N2O2/c1-18-12-4-2-11(3-5-12)15(16)10-17-8-13-6-7-14(9-17)19-13/h2-5,13-15H,6-10,16H2,1H3. The zero-order valence-electron chi connectivity index (χ0n) is 11.4. The smallest absolute Gasteiger partial charge is 0.118 e. The molecule has 0 spiro atoms. The van der Waals surface area contributed by atoms with E-state index in [4.69, 9.17) is 15.2 Å². The number of methoxy groups -OCH3 is 1. The first-order valence-electron chi connectivity index (χ1n) is 7.02. The molecule has 2 aliphatic rings. The Balaban J connectivity index is 1.59. The highest BCUT2D eigenvalue weighted by atomic mass is 16.5. The summed E-state index contributed by atoms with van der Waals surface area (Å²) in [6.07, 6.45) is 3.28. The van der Waals surface area contributed by atoms with E-state index in [1.54, 1.807) is 7.11 Å². The lowest BCUT2D eigenvalue weighted by molar-refractivity contribution is -0.0397. The number of ether oxygens (including phenoxy) is 2. The van der Waals surface area contributed by atoms with Gasteiger partial charge in [-0.25, -0.2) is 0 Å². The van der Waals surface area contributed by atoms with Crippen LogP contribution < -0.4 is 10.5 Å². The Hall–Kier alpha value is -1.10. The van der Waals surface area contributed by atoms with Gasteiger partial charge in [0, 0.05) is 25.7 Å². The summed E-state index contributed by atoms with van der Waals surface area (Å²) in [5.41, 5.74) is 7.47. The van der Waals surface area contributed by atoms with Gasteiger partial charge in [0.15, 0.2) is 0 Å². The maximum atomic E-state index is 6.31. The number of nitrogens with two attached hydrogens (primary N) is 1. The Kier molecular flexibility index (Phi) is 3.73. The second-order valence-electron chi connectivity index (χ2n) is 5.56. The zero-order chi connectivity index (χ0) is 13.2. The van der Waals surface area contributed by atoms with Gasteiger partial charge in [-0.05, 0) is 30.5 Å². The van der Waals surface area contributed by atoms with Gasteiger partial charge < -0.3 is 15.2 Å². The topological polar surface area (TPSA) is 47.7 Å². The normalized spacial score (nSPS) is 28.3. The van der Waals surface area contributed by atoms with E-state index in [0.717, 1.165) is 25.4 Å². The summed E-state index contributed by atoms with van der Waals surface area (Å²) in [5.74, 6) is 0.875. The first-order chi connectivity index (χ1) is 9.24. The summed E-state index contributed by atoms with van der Waals surface area (Å²) in [6, 6.07) is 8.11. The average molecular weight is 262 g/mol. The van der Waals surface area contributed by atoms with E-state index in [1.165, 1.54) is 18.4 Å². The van der Waals surface area contributed by atoms with E-state index in [9.17, 15) is 0 Å². The Bertz CT molecular complexity index is 409. The predicted octanol–water partition coefficient (Wildman–Crippen LogP) is 1.56. The molecule has 0 radical (unpaired) electrons. The first kappa shape index (κ1) is 12.9. The van der Waals surface area contributed by atoms with Crippen molar-refractivity contribution in [3.63, 3.8) is 0 Å². The largest absolute Gasteiger partial charge is 0.497 e. The van der Waals surface area contributed by atoms with Crippen LogP contribution in [0.2, 0.25) is 0 Å². The summed E-state index contributed by atoms with van der Waals surface area (Å²) in [4.78, 5) is 2.45. The minimum atomic E-state index is 0.0587. The molecular formula is C15H22N2O2. The third-order valence-electron chi connectivity index (χ3n) is 4.12. The number of morpholine rings is 1. The maximum absolute atomic E-state index is 6.31. The van der Waals surface area contributed by atoms with Crippen LogP contribution in [0.4, 0.5) is 0 Å². The number of hydrogen-bond donors (Lipinski definition) is 1. The quantitative estimate of drug-likeness (QED) is 0.894. The van der Waals surface area contributed by atoms with E-state index in [-0.39, 0.29) is 6.04 Å². The van der Waals surface area contributed by atoms with Crippen molar-refractivity contribution in [3.05, 3.63) is 29.8 Å². The minimum absolute atomic E-state index is 0.0587. The molecule has 0 aliphatic carbocycles. The van der Waals surface area contributed by atoms with Gasteiger partial charge in [-0.1, -0.05) is 12.1 Å². The van der Waals surface area contributed by atoms with Gasteiger partial charge in [0.1, 0.15) is 5.75 Å². The Morgan fingerprint density at radius 2 is 1.89 bits per heavy atom. The summed E-state index contributed by atoms with van der Waals surface area (Å²) >= 11 is 0. The number of hydrogen-bond acceptors (Lipinski definition) is 4. The highest BCUT2D eigenvalue weighted by Gasteiger charge is 2.34. The molecule has 2 N–H and O–H groups in total. The van der Waals surface area contributed by atoms with Crippen LogP contribution in [0.1, 0.15) is 24.4 Å². The third kappa shape index (κ3) is 2.91. The molecule has 4 heteroatoms. The Morgan fingerprint density at radius 1 is 1.26 bits per heavy atom. The molecule has 0 aromatic heterocycles. The van der Waals surface area contributed by atoms with Crippen LogP contribution in [0.25, 0.3) is 0 Å². The molecule has 1 aromatic carbocycles. The van der Waals surface area contributed by atoms with Crippen LogP contribution >= 0.6 is 0 Å². The number of benzene rings is 1. The Morgan fingerprint density at radius 3 is 2.47 bits per heavy atom. The van der Waals surface area contributed by atoms with E-state index in [2.05, 4.69) is 17.0 Å². The van der Waals surface area contributed by atoms with Crippen LogP contribution in [0.5, 0.6) is 5.75 Å². The van der Waals surface area contributed by atoms with Gasteiger partial charge in [-0.15, -0.1) is 0 Å². The van der Waals surface area contributed by atoms with Crippen LogP contribution in [0, 0.1) is 0 Å². The second-order valence-corrected chi connectivity index (χ2v) is 5.56. The fourth-order valence-corrected chi connectivity index (χ4v) is 3.08. The van der Waals surface area contributed by atoms with Gasteiger partial charge in [0.2, 0.25) is 0 Å². The molecule has 2 heterocycles. The molecule has 2 aliphatic heterocycles. The summed E-state index contributed by atoms with van der Waals surface area (Å²) in [7, 11) is 1.68. The van der Waals surface area contributed by atoms with Crippen molar-refractivity contribution in [1.82, 2.24) is 4.90 Å². The lowest BCUT2D eigenvalue weighted by atomic mass is 10.1. The molecular weight excluding hydrogens is 240 g/mol. The summed E-state index contributed by atoms with van der Waals surface area (Å²) < 4.78 is 11.0. The van der Waals surface area contributed by atoms with E-state index < -0.39 is 0 Å². The molecule has 2 saturated heterocycles. The van der Waals surface area contributed by atoms with Crippen LogP contribution in [0.15, 0.2) is 24.3 Å². The van der Waals surface area contributed by atoms with Crippen molar-refractivity contribution in [2.45, 2.75) is 31.1 Å². The number of likely N-dealkylation sites (tertiary alicyclic amines) is 1. The molecule has 2 bridgehead atoms. The second kappa shape index (κ2) is 5.49. The molecule has 104 valence electrons. The Labute approximate surface area is 114 Å². The highest BCUT2D eigenvalue weighted by molar-refractivity contribution is 5.29. The van der Waals surface area contributed by atoms with Gasteiger partial charge in [0.05, 0.1) is 19.3 Å². The van der Waals surface area contributed by atoms with Crippen LogP contribution in [-0.4, -0.2) is 43.9 Å². The van der Waals surface area contributed by atoms with E-state index >= 15 is 0 Å². The molecule has 3 rings (SSSR count). The number of nitrogens with zero attached hydrogens (tertiary/aromatic N) is 1. The van der Waals surface area contributed by atoms with Gasteiger partial charge >= 0.3 is 0 Å². The first-order valence-corrected chi connectivity index (χ1v) is 7.02. The van der Waals surface area contributed by atoms with Crippen molar-refractivity contribution >= 4 is 0 Å². The molecule has 2 fully saturated rings. The fraction of sp³-hybridized carbons (Fsp3) is 0.600. The average Bonchev–Trinajstić information content (AvgIpc) is 2.78. The molecule has 19 heavy (non-hydrogen) atoms. The van der Waals surface area contributed by atoms with Gasteiger partial charge in [0.25, 0.3) is 0 Å². The van der Waals surface area contributed by atoms with Crippen LogP contribution in [-0.2, 0) is 4.74 Å². The molecule has 0 amide bonds. The maximum Gasteiger partial charge on any atom is 0.118 e. The molecule has 0 saturated carbocycles. The van der Waals surface area contributed by atoms with Crippen molar-refractivity contribution in [1.29, 1.82) is 0 Å². The molecule has 3 atom stereocenters. The zero-order valence-corrected chi connectivity index (χ0v) is 11.4. The third-order valence-corrected chi connectivity index (χ3v) is 4.12. The summed E-state index contributed by atoms with van der Waals surface area (Å²) in [6.45, 7) is 2.96.